The Morgan fingerprint density at radius 3 is 2.53 bits per heavy atom. The smallest absolute Gasteiger partial charge is 0.434 e. The van der Waals surface area contributed by atoms with E-state index in [-0.39, 0.29) is 5.52 Å². The van der Waals surface area contributed by atoms with E-state index in [1.165, 1.54) is 6.07 Å². The molecule has 0 unspecified atom stereocenters. The third-order valence-corrected chi connectivity index (χ3v) is 2.64. The third-order valence-electron chi connectivity index (χ3n) is 2.64. The van der Waals surface area contributed by atoms with Gasteiger partial charge in [-0.1, -0.05) is 11.6 Å². The number of halogens is 3. The lowest BCUT2D eigenvalue weighted by Gasteiger charge is -2.12. The van der Waals surface area contributed by atoms with Crippen LogP contribution in [0.3, 0.4) is 0 Å². The standard InChI is InChI=1S/C13H10F3NO2/c1-7-3-4-10-8(5-7)6-9(12(18)19-2)11(17-10)13(14,15)16/h3-6H,1-2H3. The molecular weight excluding hydrogens is 259 g/mol. The summed E-state index contributed by atoms with van der Waals surface area (Å²) in [5.41, 5.74) is -0.751. The lowest BCUT2D eigenvalue weighted by molar-refractivity contribution is -0.141. The normalized spacial score (nSPS) is 11.6. The zero-order valence-corrected chi connectivity index (χ0v) is 10.2. The van der Waals surface area contributed by atoms with Gasteiger partial charge in [0.15, 0.2) is 5.69 Å². The lowest BCUT2D eigenvalue weighted by atomic mass is 10.1. The molecule has 1 aromatic heterocycles. The van der Waals surface area contributed by atoms with E-state index in [1.807, 2.05) is 0 Å². The topological polar surface area (TPSA) is 39.2 Å². The van der Waals surface area contributed by atoms with Crippen LogP contribution in [0.15, 0.2) is 24.3 Å². The van der Waals surface area contributed by atoms with Crippen molar-refractivity contribution in [2.45, 2.75) is 13.1 Å². The van der Waals surface area contributed by atoms with Gasteiger partial charge in [-0.15, -0.1) is 0 Å². The van der Waals surface area contributed by atoms with Gasteiger partial charge in [-0.05, 0) is 25.1 Å². The zero-order chi connectivity index (χ0) is 14.2. The molecule has 0 saturated carbocycles. The molecule has 1 heterocycles. The molecule has 0 aliphatic carbocycles. The average molecular weight is 269 g/mol. The molecule has 0 aliphatic rings. The molecule has 0 aliphatic heterocycles. The first kappa shape index (κ1) is 13.3. The summed E-state index contributed by atoms with van der Waals surface area (Å²) in [6.45, 7) is 1.80. The van der Waals surface area contributed by atoms with Crippen molar-refractivity contribution in [1.82, 2.24) is 4.98 Å². The van der Waals surface area contributed by atoms with Crippen LogP contribution in [0.2, 0.25) is 0 Å². The van der Waals surface area contributed by atoms with Crippen molar-refractivity contribution >= 4 is 16.9 Å². The summed E-state index contributed by atoms with van der Waals surface area (Å²) >= 11 is 0. The minimum Gasteiger partial charge on any atom is -0.465 e. The number of alkyl halides is 3. The Balaban J connectivity index is 2.78. The minimum absolute atomic E-state index is 0.186. The van der Waals surface area contributed by atoms with E-state index in [2.05, 4.69) is 9.72 Å². The largest absolute Gasteiger partial charge is 0.465 e. The van der Waals surface area contributed by atoms with Crippen LogP contribution in [-0.4, -0.2) is 18.1 Å². The molecule has 0 N–H and O–H groups in total. The highest BCUT2D eigenvalue weighted by Gasteiger charge is 2.38. The van der Waals surface area contributed by atoms with Crippen molar-refractivity contribution < 1.29 is 22.7 Å². The number of esters is 1. The Bertz CT molecular complexity index is 650. The van der Waals surface area contributed by atoms with E-state index in [0.717, 1.165) is 18.7 Å². The molecule has 100 valence electrons. The molecule has 6 heteroatoms. The predicted molar refractivity (Wildman–Crippen MR) is 62.8 cm³/mol. The SMILES string of the molecule is COC(=O)c1cc2cc(C)ccc2nc1C(F)(F)F. The van der Waals surface area contributed by atoms with Gasteiger partial charge in [-0.3, -0.25) is 0 Å². The molecule has 0 amide bonds. The number of aryl methyl sites for hydroxylation is 1. The van der Waals surface area contributed by atoms with Crippen molar-refractivity contribution in [3.05, 3.63) is 41.1 Å². The lowest BCUT2D eigenvalue weighted by Crippen LogP contribution is -2.16. The number of fused-ring (bicyclic) bond motifs is 1. The molecule has 1 aromatic carbocycles. The van der Waals surface area contributed by atoms with Crippen LogP contribution in [0.25, 0.3) is 10.9 Å². The fraction of sp³-hybridized carbons (Fsp3) is 0.231. The van der Waals surface area contributed by atoms with Gasteiger partial charge in [0.2, 0.25) is 0 Å². The van der Waals surface area contributed by atoms with Crippen LogP contribution in [0.1, 0.15) is 21.6 Å². The monoisotopic (exact) mass is 269 g/mol. The highest BCUT2D eigenvalue weighted by Crippen LogP contribution is 2.32. The van der Waals surface area contributed by atoms with Gasteiger partial charge >= 0.3 is 12.1 Å². The summed E-state index contributed by atoms with van der Waals surface area (Å²) in [7, 11) is 1.03. The van der Waals surface area contributed by atoms with Crippen molar-refractivity contribution in [3.63, 3.8) is 0 Å². The molecule has 2 aromatic rings. The van der Waals surface area contributed by atoms with E-state index >= 15 is 0 Å². The molecule has 19 heavy (non-hydrogen) atoms. The summed E-state index contributed by atoms with van der Waals surface area (Å²) in [5.74, 6) is -1.05. The second kappa shape index (κ2) is 4.53. The zero-order valence-electron chi connectivity index (χ0n) is 10.2. The van der Waals surface area contributed by atoms with Gasteiger partial charge in [-0.25, -0.2) is 9.78 Å². The van der Waals surface area contributed by atoms with Gasteiger partial charge in [0.25, 0.3) is 0 Å². The van der Waals surface area contributed by atoms with Gasteiger partial charge in [0.1, 0.15) is 0 Å². The highest BCUT2D eigenvalue weighted by molar-refractivity contribution is 5.95. The molecule has 0 spiro atoms. The summed E-state index contributed by atoms with van der Waals surface area (Å²) < 4.78 is 43.0. The number of ether oxygens (including phenoxy) is 1. The molecule has 2 rings (SSSR count). The summed E-state index contributed by atoms with van der Waals surface area (Å²) in [6, 6.07) is 5.97. The predicted octanol–water partition coefficient (Wildman–Crippen LogP) is 3.35. The number of methoxy groups -OCH3 is 1. The first-order valence-electron chi connectivity index (χ1n) is 5.40. The van der Waals surface area contributed by atoms with Gasteiger partial charge in [-0.2, -0.15) is 13.2 Å². The Kier molecular flexibility index (Phi) is 3.18. The van der Waals surface area contributed by atoms with Crippen LogP contribution in [0.5, 0.6) is 0 Å². The summed E-state index contributed by atoms with van der Waals surface area (Å²) in [4.78, 5) is 15.0. The number of benzene rings is 1. The van der Waals surface area contributed by atoms with Gasteiger partial charge in [0, 0.05) is 5.39 Å². The Morgan fingerprint density at radius 2 is 1.95 bits per heavy atom. The number of pyridine rings is 1. The van der Waals surface area contributed by atoms with E-state index in [1.54, 1.807) is 19.1 Å². The summed E-state index contributed by atoms with van der Waals surface area (Å²) in [5, 5.41) is 0.466. The first-order valence-corrected chi connectivity index (χ1v) is 5.40. The van der Waals surface area contributed by atoms with E-state index in [9.17, 15) is 18.0 Å². The van der Waals surface area contributed by atoms with Crippen LogP contribution in [-0.2, 0) is 10.9 Å². The molecule has 0 saturated heterocycles. The van der Waals surface area contributed by atoms with E-state index in [0.29, 0.717) is 5.39 Å². The van der Waals surface area contributed by atoms with Crippen LogP contribution >= 0.6 is 0 Å². The second-order valence-corrected chi connectivity index (χ2v) is 4.07. The molecule has 3 nitrogen and oxygen atoms in total. The maximum atomic E-state index is 12.9. The molecule has 0 atom stereocenters. The van der Waals surface area contributed by atoms with Gasteiger partial charge in [0.05, 0.1) is 18.2 Å². The quantitative estimate of drug-likeness (QED) is 0.745. The minimum atomic E-state index is -4.71. The molecule has 0 radical (unpaired) electrons. The number of aromatic nitrogens is 1. The second-order valence-electron chi connectivity index (χ2n) is 4.07. The summed E-state index contributed by atoms with van der Waals surface area (Å²) in [6.07, 6.45) is -4.71. The Hall–Kier alpha value is -2.11. The first-order chi connectivity index (χ1) is 8.82. The third kappa shape index (κ3) is 2.52. The number of nitrogens with zero attached hydrogens (tertiary/aromatic N) is 1. The maximum absolute atomic E-state index is 12.9. The van der Waals surface area contributed by atoms with Crippen molar-refractivity contribution in [2.24, 2.45) is 0 Å². The highest BCUT2D eigenvalue weighted by atomic mass is 19.4. The maximum Gasteiger partial charge on any atom is 0.434 e. The number of carbonyl (C=O) groups excluding carboxylic acids is 1. The van der Waals surface area contributed by atoms with Crippen molar-refractivity contribution in [1.29, 1.82) is 0 Å². The number of carbonyl (C=O) groups is 1. The Labute approximate surface area is 107 Å². The fourth-order valence-corrected chi connectivity index (χ4v) is 1.78. The van der Waals surface area contributed by atoms with E-state index < -0.39 is 23.4 Å². The Morgan fingerprint density at radius 1 is 1.26 bits per heavy atom. The number of hydrogen-bond acceptors (Lipinski definition) is 3. The average Bonchev–Trinajstić information content (AvgIpc) is 2.35. The molecule has 0 bridgehead atoms. The van der Waals surface area contributed by atoms with E-state index in [4.69, 9.17) is 0 Å². The number of hydrogen-bond donors (Lipinski definition) is 0. The fourth-order valence-electron chi connectivity index (χ4n) is 1.78. The molecule has 0 fully saturated rings. The van der Waals surface area contributed by atoms with Crippen molar-refractivity contribution in [2.75, 3.05) is 7.11 Å². The van der Waals surface area contributed by atoms with Crippen LogP contribution < -0.4 is 0 Å². The van der Waals surface area contributed by atoms with Crippen molar-refractivity contribution in [3.8, 4) is 0 Å². The molecular formula is C13H10F3NO2. The number of rotatable bonds is 1. The van der Waals surface area contributed by atoms with Gasteiger partial charge < -0.3 is 4.74 Å². The van der Waals surface area contributed by atoms with Crippen LogP contribution in [0.4, 0.5) is 13.2 Å². The van der Waals surface area contributed by atoms with Crippen LogP contribution in [0, 0.1) is 6.92 Å².